The molecule has 1 fully saturated rings. The van der Waals surface area contributed by atoms with Crippen LogP contribution in [0.1, 0.15) is 12.0 Å². The molecule has 1 aliphatic heterocycles. The summed E-state index contributed by atoms with van der Waals surface area (Å²) < 4.78 is 18.9. The van der Waals surface area contributed by atoms with Crippen LogP contribution < -0.4 is 5.32 Å². The van der Waals surface area contributed by atoms with Crippen molar-refractivity contribution in [1.29, 1.82) is 0 Å². The van der Waals surface area contributed by atoms with Crippen LogP contribution in [0.25, 0.3) is 0 Å². The van der Waals surface area contributed by atoms with Gasteiger partial charge < -0.3 is 15.0 Å². The van der Waals surface area contributed by atoms with Crippen LogP contribution in [0.3, 0.4) is 0 Å². The molecule has 1 N–H and O–H groups in total. The Morgan fingerprint density at radius 1 is 1.45 bits per heavy atom. The number of hydrogen-bond donors (Lipinski definition) is 1. The van der Waals surface area contributed by atoms with E-state index in [4.69, 9.17) is 4.74 Å². The largest absolute Gasteiger partial charge is 0.381 e. The third-order valence-corrected chi connectivity index (χ3v) is 3.76. The molecule has 0 aromatic heterocycles. The van der Waals surface area contributed by atoms with Crippen molar-refractivity contribution in [2.45, 2.75) is 12.8 Å². The van der Waals surface area contributed by atoms with Gasteiger partial charge in [-0.05, 0) is 24.5 Å². The van der Waals surface area contributed by atoms with Crippen molar-refractivity contribution < 1.29 is 9.13 Å². The Labute approximate surface area is 149 Å². The molecule has 1 saturated heterocycles. The van der Waals surface area contributed by atoms with Crippen molar-refractivity contribution in [3.05, 3.63) is 35.6 Å². The van der Waals surface area contributed by atoms with E-state index < -0.39 is 0 Å². The Morgan fingerprint density at radius 3 is 2.86 bits per heavy atom. The van der Waals surface area contributed by atoms with E-state index in [0.29, 0.717) is 18.9 Å². The van der Waals surface area contributed by atoms with Gasteiger partial charge in [-0.1, -0.05) is 18.2 Å². The molecule has 0 amide bonds. The van der Waals surface area contributed by atoms with E-state index >= 15 is 0 Å². The first-order valence-corrected chi connectivity index (χ1v) is 7.43. The van der Waals surface area contributed by atoms with Gasteiger partial charge in [0.2, 0.25) is 0 Å². The molecule has 1 atom stereocenters. The van der Waals surface area contributed by atoms with Crippen molar-refractivity contribution in [3.63, 3.8) is 0 Å². The van der Waals surface area contributed by atoms with E-state index in [-0.39, 0.29) is 29.8 Å². The number of aliphatic imine (C=N–C) groups is 1. The van der Waals surface area contributed by atoms with Crippen LogP contribution in [-0.4, -0.2) is 51.3 Å². The summed E-state index contributed by atoms with van der Waals surface area (Å²) in [6.07, 6.45) is 1.75. The maximum absolute atomic E-state index is 13.5. The van der Waals surface area contributed by atoms with E-state index in [1.54, 1.807) is 13.1 Å². The zero-order chi connectivity index (χ0) is 15.1. The maximum Gasteiger partial charge on any atom is 0.193 e. The lowest BCUT2D eigenvalue weighted by atomic mass is 10.1. The minimum atomic E-state index is -0.147. The second-order valence-corrected chi connectivity index (χ2v) is 5.43. The lowest BCUT2D eigenvalue weighted by molar-refractivity contribution is 0.181. The van der Waals surface area contributed by atoms with Gasteiger partial charge in [0.1, 0.15) is 5.82 Å². The Bertz CT molecular complexity index is 478. The van der Waals surface area contributed by atoms with Crippen molar-refractivity contribution in [1.82, 2.24) is 10.2 Å². The number of nitrogens with zero attached hydrogens (tertiary/aromatic N) is 2. The fraction of sp³-hybridized carbons (Fsp3) is 0.562. The summed E-state index contributed by atoms with van der Waals surface area (Å²) in [5.74, 6) is 1.27. The van der Waals surface area contributed by atoms with Crippen LogP contribution >= 0.6 is 24.0 Å². The van der Waals surface area contributed by atoms with Crippen molar-refractivity contribution in [2.75, 3.05) is 40.4 Å². The van der Waals surface area contributed by atoms with Gasteiger partial charge >= 0.3 is 0 Å². The molecule has 22 heavy (non-hydrogen) atoms. The molecular formula is C16H25FIN3O. The number of nitrogens with one attached hydrogen (secondary N) is 1. The molecular weight excluding hydrogens is 396 g/mol. The molecule has 1 aliphatic rings. The zero-order valence-electron chi connectivity index (χ0n) is 13.2. The van der Waals surface area contributed by atoms with Gasteiger partial charge in [-0.3, -0.25) is 4.99 Å². The first-order valence-electron chi connectivity index (χ1n) is 7.43. The Kier molecular flexibility index (Phi) is 8.70. The standard InChI is InChI=1S/C16H24FN3O.HI/c1-18-16(20(2)11-13-8-10-21-12-13)19-9-7-14-5-3-4-6-15(14)17;/h3-6,13H,7-12H2,1-2H3,(H,18,19);1H. The lowest BCUT2D eigenvalue weighted by Crippen LogP contribution is -2.42. The number of hydrogen-bond acceptors (Lipinski definition) is 2. The molecule has 6 heteroatoms. The molecule has 1 unspecified atom stereocenters. The first kappa shape index (κ1) is 19.2. The highest BCUT2D eigenvalue weighted by molar-refractivity contribution is 14.0. The van der Waals surface area contributed by atoms with Gasteiger partial charge in [0.15, 0.2) is 5.96 Å². The maximum atomic E-state index is 13.5. The Balaban J connectivity index is 0.00000242. The number of benzene rings is 1. The highest BCUT2D eigenvalue weighted by Gasteiger charge is 2.18. The molecule has 0 spiro atoms. The van der Waals surface area contributed by atoms with Crippen LogP contribution in [-0.2, 0) is 11.2 Å². The molecule has 124 valence electrons. The van der Waals surface area contributed by atoms with Gasteiger partial charge in [0.05, 0.1) is 6.61 Å². The fourth-order valence-electron chi connectivity index (χ4n) is 2.60. The van der Waals surface area contributed by atoms with E-state index in [9.17, 15) is 4.39 Å². The van der Waals surface area contributed by atoms with E-state index in [2.05, 4.69) is 15.2 Å². The second kappa shape index (κ2) is 9.99. The summed E-state index contributed by atoms with van der Waals surface area (Å²) in [7, 11) is 3.80. The van der Waals surface area contributed by atoms with Crippen LogP contribution in [0.2, 0.25) is 0 Å². The normalized spacial score (nSPS) is 18.0. The van der Waals surface area contributed by atoms with E-state index in [1.165, 1.54) is 6.07 Å². The summed E-state index contributed by atoms with van der Waals surface area (Å²) in [6, 6.07) is 6.89. The Morgan fingerprint density at radius 2 is 2.23 bits per heavy atom. The van der Waals surface area contributed by atoms with E-state index in [0.717, 1.165) is 37.7 Å². The minimum Gasteiger partial charge on any atom is -0.381 e. The molecule has 1 aromatic carbocycles. The highest BCUT2D eigenvalue weighted by Crippen LogP contribution is 2.13. The van der Waals surface area contributed by atoms with Crippen molar-refractivity contribution in [2.24, 2.45) is 10.9 Å². The highest BCUT2D eigenvalue weighted by atomic mass is 127. The van der Waals surface area contributed by atoms with Crippen LogP contribution in [0, 0.1) is 11.7 Å². The average molecular weight is 421 g/mol. The topological polar surface area (TPSA) is 36.9 Å². The van der Waals surface area contributed by atoms with Crippen LogP contribution in [0.15, 0.2) is 29.3 Å². The smallest absolute Gasteiger partial charge is 0.193 e. The van der Waals surface area contributed by atoms with Crippen LogP contribution in [0.5, 0.6) is 0 Å². The summed E-state index contributed by atoms with van der Waals surface area (Å²) in [4.78, 5) is 6.39. The third-order valence-electron chi connectivity index (χ3n) is 3.76. The predicted molar refractivity (Wildman–Crippen MR) is 98.4 cm³/mol. The van der Waals surface area contributed by atoms with Crippen LogP contribution in [0.4, 0.5) is 4.39 Å². The molecule has 2 rings (SSSR count). The Hall–Kier alpha value is -0.890. The molecule has 0 bridgehead atoms. The lowest BCUT2D eigenvalue weighted by Gasteiger charge is -2.24. The number of rotatable bonds is 5. The first-order chi connectivity index (χ1) is 10.2. The number of halogens is 2. The van der Waals surface area contributed by atoms with Gasteiger partial charge in [0.25, 0.3) is 0 Å². The quantitative estimate of drug-likeness (QED) is 0.451. The monoisotopic (exact) mass is 421 g/mol. The molecule has 0 radical (unpaired) electrons. The molecule has 1 heterocycles. The predicted octanol–water partition coefficient (Wildman–Crippen LogP) is 2.53. The third kappa shape index (κ3) is 5.72. The molecule has 0 saturated carbocycles. The molecule has 4 nitrogen and oxygen atoms in total. The van der Waals surface area contributed by atoms with Gasteiger partial charge in [-0.2, -0.15) is 0 Å². The average Bonchev–Trinajstić information content (AvgIpc) is 2.98. The molecule has 1 aromatic rings. The van der Waals surface area contributed by atoms with E-state index in [1.807, 2.05) is 19.2 Å². The second-order valence-electron chi connectivity index (χ2n) is 5.43. The SMILES string of the molecule is CN=C(NCCc1ccccc1F)N(C)CC1CCOC1.I. The van der Waals surface area contributed by atoms with Crippen molar-refractivity contribution >= 4 is 29.9 Å². The van der Waals surface area contributed by atoms with Gasteiger partial charge in [-0.15, -0.1) is 24.0 Å². The summed E-state index contributed by atoms with van der Waals surface area (Å²) in [5, 5.41) is 3.29. The summed E-state index contributed by atoms with van der Waals surface area (Å²) in [5.41, 5.74) is 0.729. The number of guanidine groups is 1. The van der Waals surface area contributed by atoms with Crippen molar-refractivity contribution in [3.8, 4) is 0 Å². The summed E-state index contributed by atoms with van der Waals surface area (Å²) >= 11 is 0. The number of ether oxygens (including phenoxy) is 1. The summed E-state index contributed by atoms with van der Waals surface area (Å²) in [6.45, 7) is 3.28. The van der Waals surface area contributed by atoms with Gasteiger partial charge in [0, 0.05) is 39.7 Å². The zero-order valence-corrected chi connectivity index (χ0v) is 15.5. The fourth-order valence-corrected chi connectivity index (χ4v) is 2.60. The minimum absolute atomic E-state index is 0. The molecule has 0 aliphatic carbocycles. The van der Waals surface area contributed by atoms with Gasteiger partial charge in [-0.25, -0.2) is 4.39 Å².